The van der Waals surface area contributed by atoms with Gasteiger partial charge in [-0.1, -0.05) is 0 Å². The van der Waals surface area contributed by atoms with Crippen LogP contribution in [0.4, 0.5) is 4.79 Å². The molecular weight excluding hydrogens is 222 g/mol. The summed E-state index contributed by atoms with van der Waals surface area (Å²) in [5.41, 5.74) is 4.86. The Morgan fingerprint density at radius 2 is 2.18 bits per heavy atom. The number of furan rings is 1. The molecule has 1 aromatic heterocycles. The molecule has 0 saturated heterocycles. The SMILES string of the molecule is CC(Cc1ccco1)NC(C)C(=O)NC(N)=O. The van der Waals surface area contributed by atoms with E-state index < -0.39 is 18.0 Å². The second-order valence-electron chi connectivity index (χ2n) is 3.93. The Kier molecular flexibility index (Phi) is 4.71. The van der Waals surface area contributed by atoms with Crippen LogP contribution in [0.25, 0.3) is 0 Å². The highest BCUT2D eigenvalue weighted by Gasteiger charge is 2.17. The summed E-state index contributed by atoms with van der Waals surface area (Å²) in [5.74, 6) is 0.399. The van der Waals surface area contributed by atoms with E-state index >= 15 is 0 Å². The molecule has 0 spiro atoms. The number of primary amides is 1. The highest BCUT2D eigenvalue weighted by atomic mass is 16.3. The number of rotatable bonds is 5. The van der Waals surface area contributed by atoms with Gasteiger partial charge in [-0.15, -0.1) is 0 Å². The first-order chi connectivity index (χ1) is 7.99. The standard InChI is InChI=1S/C11H17N3O3/c1-7(6-9-4-3-5-17-9)13-8(2)10(15)14-11(12)16/h3-5,7-8,13H,6H2,1-2H3,(H3,12,14,15,16). The molecule has 0 fully saturated rings. The third-order valence-electron chi connectivity index (χ3n) is 2.26. The minimum absolute atomic E-state index is 0.0507. The van der Waals surface area contributed by atoms with Gasteiger partial charge in [0.1, 0.15) is 5.76 Å². The number of carbonyl (C=O) groups excluding carboxylic acids is 2. The van der Waals surface area contributed by atoms with E-state index in [9.17, 15) is 9.59 Å². The summed E-state index contributed by atoms with van der Waals surface area (Å²) >= 11 is 0. The number of hydrogen-bond acceptors (Lipinski definition) is 4. The van der Waals surface area contributed by atoms with Crippen LogP contribution in [-0.4, -0.2) is 24.0 Å². The van der Waals surface area contributed by atoms with Crippen LogP contribution in [0.1, 0.15) is 19.6 Å². The topological polar surface area (TPSA) is 97.4 Å². The van der Waals surface area contributed by atoms with Gasteiger partial charge in [0.25, 0.3) is 0 Å². The lowest BCUT2D eigenvalue weighted by Crippen LogP contribution is -2.49. The molecule has 94 valence electrons. The maximum absolute atomic E-state index is 11.4. The number of carbonyl (C=O) groups is 2. The van der Waals surface area contributed by atoms with Gasteiger partial charge in [-0.25, -0.2) is 4.79 Å². The fourth-order valence-electron chi connectivity index (χ4n) is 1.52. The maximum Gasteiger partial charge on any atom is 0.318 e. The molecule has 1 rings (SSSR count). The van der Waals surface area contributed by atoms with Crippen LogP contribution < -0.4 is 16.4 Å². The van der Waals surface area contributed by atoms with Gasteiger partial charge in [-0.3, -0.25) is 10.1 Å². The van der Waals surface area contributed by atoms with Crippen LogP contribution in [0.2, 0.25) is 0 Å². The minimum Gasteiger partial charge on any atom is -0.469 e. The van der Waals surface area contributed by atoms with Gasteiger partial charge < -0.3 is 15.5 Å². The van der Waals surface area contributed by atoms with Gasteiger partial charge in [0.15, 0.2) is 0 Å². The summed E-state index contributed by atoms with van der Waals surface area (Å²) < 4.78 is 5.20. The number of nitrogens with two attached hydrogens (primary N) is 1. The Hall–Kier alpha value is -1.82. The van der Waals surface area contributed by atoms with Gasteiger partial charge in [0.2, 0.25) is 5.91 Å². The summed E-state index contributed by atoms with van der Waals surface area (Å²) in [6, 6.07) is 2.39. The van der Waals surface area contributed by atoms with Crippen LogP contribution in [0.3, 0.4) is 0 Å². The molecule has 17 heavy (non-hydrogen) atoms. The minimum atomic E-state index is -0.845. The fraction of sp³-hybridized carbons (Fsp3) is 0.455. The molecule has 0 saturated carbocycles. The molecular formula is C11H17N3O3. The first-order valence-corrected chi connectivity index (χ1v) is 5.37. The molecule has 0 aromatic carbocycles. The summed E-state index contributed by atoms with van der Waals surface area (Å²) in [5, 5.41) is 5.06. The summed E-state index contributed by atoms with van der Waals surface area (Å²) in [4.78, 5) is 21.9. The summed E-state index contributed by atoms with van der Waals surface area (Å²) in [6.07, 6.45) is 2.27. The van der Waals surface area contributed by atoms with E-state index in [1.807, 2.05) is 24.4 Å². The number of urea groups is 1. The highest BCUT2D eigenvalue weighted by Crippen LogP contribution is 2.04. The zero-order chi connectivity index (χ0) is 12.8. The van der Waals surface area contributed by atoms with Crippen molar-refractivity contribution in [3.05, 3.63) is 24.2 Å². The highest BCUT2D eigenvalue weighted by molar-refractivity contribution is 5.96. The smallest absolute Gasteiger partial charge is 0.318 e. The van der Waals surface area contributed by atoms with Crippen molar-refractivity contribution in [1.29, 1.82) is 0 Å². The van der Waals surface area contributed by atoms with Gasteiger partial charge >= 0.3 is 6.03 Å². The quantitative estimate of drug-likeness (QED) is 0.692. The molecule has 6 nitrogen and oxygen atoms in total. The molecule has 1 aromatic rings. The van der Waals surface area contributed by atoms with Crippen molar-refractivity contribution in [2.75, 3.05) is 0 Å². The number of imide groups is 1. The van der Waals surface area contributed by atoms with Gasteiger partial charge in [0.05, 0.1) is 12.3 Å². The fourth-order valence-corrected chi connectivity index (χ4v) is 1.52. The van der Waals surface area contributed by atoms with Crippen LogP contribution in [-0.2, 0) is 11.2 Å². The first-order valence-electron chi connectivity index (χ1n) is 5.37. The van der Waals surface area contributed by atoms with Crippen molar-refractivity contribution >= 4 is 11.9 Å². The Balaban J connectivity index is 2.37. The number of nitrogens with one attached hydrogen (secondary N) is 2. The average Bonchev–Trinajstić information content (AvgIpc) is 2.68. The van der Waals surface area contributed by atoms with Gasteiger partial charge in [-0.2, -0.15) is 0 Å². The van der Waals surface area contributed by atoms with E-state index in [-0.39, 0.29) is 6.04 Å². The second-order valence-corrected chi connectivity index (χ2v) is 3.93. The van der Waals surface area contributed by atoms with E-state index in [1.54, 1.807) is 13.2 Å². The van der Waals surface area contributed by atoms with E-state index in [2.05, 4.69) is 5.32 Å². The van der Waals surface area contributed by atoms with E-state index in [0.717, 1.165) is 5.76 Å². The Labute approximate surface area is 99.5 Å². The zero-order valence-corrected chi connectivity index (χ0v) is 9.90. The lowest BCUT2D eigenvalue weighted by Gasteiger charge is -2.17. The van der Waals surface area contributed by atoms with Crippen LogP contribution in [0, 0.1) is 0 Å². The van der Waals surface area contributed by atoms with E-state index in [4.69, 9.17) is 10.2 Å². The van der Waals surface area contributed by atoms with Crippen molar-refractivity contribution < 1.29 is 14.0 Å². The van der Waals surface area contributed by atoms with Crippen molar-refractivity contribution in [2.45, 2.75) is 32.4 Å². The van der Waals surface area contributed by atoms with Gasteiger partial charge in [-0.05, 0) is 26.0 Å². The lowest BCUT2D eigenvalue weighted by molar-refractivity contribution is -0.121. The van der Waals surface area contributed by atoms with E-state index in [1.165, 1.54) is 0 Å². The molecule has 1 heterocycles. The molecule has 0 aliphatic carbocycles. The Morgan fingerprint density at radius 3 is 2.71 bits per heavy atom. The van der Waals surface area contributed by atoms with Crippen molar-refractivity contribution in [3.8, 4) is 0 Å². The van der Waals surface area contributed by atoms with E-state index in [0.29, 0.717) is 6.42 Å². The first kappa shape index (κ1) is 13.2. The molecule has 3 amide bonds. The molecule has 0 radical (unpaired) electrons. The predicted octanol–water partition coefficient (Wildman–Crippen LogP) is 0.384. The molecule has 0 aliphatic heterocycles. The predicted molar refractivity (Wildman–Crippen MR) is 62.2 cm³/mol. The summed E-state index contributed by atoms with van der Waals surface area (Å²) in [6.45, 7) is 3.59. The van der Waals surface area contributed by atoms with Crippen LogP contribution in [0.15, 0.2) is 22.8 Å². The van der Waals surface area contributed by atoms with Crippen molar-refractivity contribution in [2.24, 2.45) is 5.73 Å². The molecule has 6 heteroatoms. The molecule has 0 bridgehead atoms. The Morgan fingerprint density at radius 1 is 1.47 bits per heavy atom. The van der Waals surface area contributed by atoms with Crippen LogP contribution in [0.5, 0.6) is 0 Å². The van der Waals surface area contributed by atoms with Crippen LogP contribution >= 0.6 is 0 Å². The molecule has 2 unspecified atom stereocenters. The molecule has 2 atom stereocenters. The largest absolute Gasteiger partial charge is 0.469 e. The third kappa shape index (κ3) is 4.69. The number of amides is 3. The third-order valence-corrected chi connectivity index (χ3v) is 2.26. The van der Waals surface area contributed by atoms with Crippen molar-refractivity contribution in [3.63, 3.8) is 0 Å². The molecule has 4 N–H and O–H groups in total. The normalized spacial score (nSPS) is 14.0. The maximum atomic E-state index is 11.4. The summed E-state index contributed by atoms with van der Waals surface area (Å²) in [7, 11) is 0. The molecule has 0 aliphatic rings. The average molecular weight is 239 g/mol. The van der Waals surface area contributed by atoms with Gasteiger partial charge in [0, 0.05) is 12.5 Å². The lowest BCUT2D eigenvalue weighted by atomic mass is 10.1. The second kappa shape index (κ2) is 6.05. The monoisotopic (exact) mass is 239 g/mol. The zero-order valence-electron chi connectivity index (χ0n) is 9.90. The number of hydrogen-bond donors (Lipinski definition) is 3. The van der Waals surface area contributed by atoms with Crippen molar-refractivity contribution in [1.82, 2.24) is 10.6 Å². The Bertz CT molecular complexity index is 375.